The molecule has 3 rings (SSSR count). The molecule has 0 atom stereocenters. The van der Waals surface area contributed by atoms with Crippen molar-refractivity contribution < 1.29 is 18.5 Å². The van der Waals surface area contributed by atoms with E-state index in [2.05, 4.69) is 27.6 Å². The third-order valence-corrected chi connectivity index (χ3v) is 3.43. The van der Waals surface area contributed by atoms with E-state index in [0.717, 1.165) is 25.0 Å². The van der Waals surface area contributed by atoms with E-state index in [1.807, 2.05) is 0 Å². The number of hydrogen-bond acceptors (Lipinski definition) is 7. The number of rotatable bonds is 8. The van der Waals surface area contributed by atoms with Gasteiger partial charge in [-0.05, 0) is 30.7 Å². The summed E-state index contributed by atoms with van der Waals surface area (Å²) in [4.78, 5) is 12.2. The zero-order valence-corrected chi connectivity index (χ0v) is 13.8. The molecule has 2 heterocycles. The third-order valence-electron chi connectivity index (χ3n) is 3.43. The molecule has 3 aromatic rings. The zero-order chi connectivity index (χ0) is 17.5. The molecule has 0 saturated heterocycles. The Balaban J connectivity index is 1.56. The summed E-state index contributed by atoms with van der Waals surface area (Å²) in [7, 11) is 0. The van der Waals surface area contributed by atoms with Crippen molar-refractivity contribution in [3.05, 3.63) is 42.1 Å². The lowest BCUT2D eigenvalue weighted by Crippen LogP contribution is -2.12. The number of unbranched alkanes of at least 4 members (excludes halogenated alkanes) is 2. The molecule has 0 fully saturated rings. The fraction of sp³-hybridized carbons (Fsp3) is 0.294. The van der Waals surface area contributed by atoms with Crippen LogP contribution in [0.5, 0.6) is 5.75 Å². The van der Waals surface area contributed by atoms with Crippen LogP contribution in [0.4, 0.5) is 6.01 Å². The maximum Gasteiger partial charge on any atom is 0.322 e. The number of carbonyl (C=O) groups excluding carboxylic acids is 1. The van der Waals surface area contributed by atoms with E-state index >= 15 is 0 Å². The summed E-state index contributed by atoms with van der Waals surface area (Å²) in [6.45, 7) is 2.82. The van der Waals surface area contributed by atoms with Gasteiger partial charge in [0.2, 0.25) is 5.76 Å². The average Bonchev–Trinajstić information content (AvgIpc) is 3.30. The van der Waals surface area contributed by atoms with Gasteiger partial charge < -0.3 is 13.7 Å². The Bertz CT molecular complexity index is 796. The lowest BCUT2D eigenvalue weighted by Gasteiger charge is -2.06. The Morgan fingerprint density at radius 1 is 1.16 bits per heavy atom. The van der Waals surface area contributed by atoms with Crippen LogP contribution < -0.4 is 10.1 Å². The Morgan fingerprint density at radius 3 is 2.72 bits per heavy atom. The fourth-order valence-corrected chi connectivity index (χ4v) is 2.11. The topological polar surface area (TPSA) is 103 Å². The standard InChI is InChI=1S/C17H18N4O4/c1-2-3-4-11-23-13-7-5-12(6-8-13)15(22)19-17-21-20-16(24-17)14-9-10-18-25-14/h5-10H,2-4,11H2,1H3,(H,19,21,22). The number of hydrogen-bond donors (Lipinski definition) is 1. The smallest absolute Gasteiger partial charge is 0.322 e. The van der Waals surface area contributed by atoms with Gasteiger partial charge in [0.25, 0.3) is 11.8 Å². The summed E-state index contributed by atoms with van der Waals surface area (Å²) in [6.07, 6.45) is 4.77. The first-order valence-electron chi connectivity index (χ1n) is 8.05. The molecule has 0 aliphatic rings. The predicted molar refractivity (Wildman–Crippen MR) is 89.2 cm³/mol. The molecule has 1 amide bonds. The molecule has 0 spiro atoms. The highest BCUT2D eigenvalue weighted by Gasteiger charge is 2.14. The van der Waals surface area contributed by atoms with Crippen molar-refractivity contribution in [1.82, 2.24) is 15.4 Å². The molecule has 0 saturated carbocycles. The summed E-state index contributed by atoms with van der Waals surface area (Å²) in [5.74, 6) is 0.851. The van der Waals surface area contributed by atoms with Gasteiger partial charge in [-0.15, -0.1) is 5.10 Å². The molecule has 0 radical (unpaired) electrons. The monoisotopic (exact) mass is 342 g/mol. The minimum atomic E-state index is -0.356. The van der Waals surface area contributed by atoms with E-state index in [1.165, 1.54) is 6.20 Å². The number of carbonyl (C=O) groups is 1. The molecule has 25 heavy (non-hydrogen) atoms. The van der Waals surface area contributed by atoms with Gasteiger partial charge in [0.15, 0.2) is 0 Å². The average molecular weight is 342 g/mol. The highest BCUT2D eigenvalue weighted by molar-refractivity contribution is 6.03. The second-order valence-corrected chi connectivity index (χ2v) is 5.32. The molecule has 1 aromatic carbocycles. The van der Waals surface area contributed by atoms with Crippen molar-refractivity contribution in [3.63, 3.8) is 0 Å². The summed E-state index contributed by atoms with van der Waals surface area (Å²) < 4.78 is 15.8. The largest absolute Gasteiger partial charge is 0.494 e. The van der Waals surface area contributed by atoms with E-state index in [0.29, 0.717) is 17.9 Å². The summed E-state index contributed by atoms with van der Waals surface area (Å²) >= 11 is 0. The van der Waals surface area contributed by atoms with Crippen molar-refractivity contribution >= 4 is 11.9 Å². The van der Waals surface area contributed by atoms with Crippen LogP contribution in [-0.4, -0.2) is 27.9 Å². The Hall–Kier alpha value is -3.16. The van der Waals surface area contributed by atoms with Crippen LogP contribution >= 0.6 is 0 Å². The maximum atomic E-state index is 12.2. The summed E-state index contributed by atoms with van der Waals surface area (Å²) in [6, 6.07) is 8.44. The number of benzene rings is 1. The minimum Gasteiger partial charge on any atom is -0.494 e. The summed E-state index contributed by atoms with van der Waals surface area (Å²) in [5, 5.41) is 13.6. The third kappa shape index (κ3) is 4.43. The van der Waals surface area contributed by atoms with Crippen LogP contribution in [0.15, 0.2) is 45.5 Å². The number of amides is 1. The first-order valence-corrected chi connectivity index (χ1v) is 8.05. The zero-order valence-electron chi connectivity index (χ0n) is 13.8. The quantitative estimate of drug-likeness (QED) is 0.624. The summed E-state index contributed by atoms with van der Waals surface area (Å²) in [5.41, 5.74) is 0.459. The molecule has 0 bridgehead atoms. The van der Waals surface area contributed by atoms with Crippen LogP contribution in [0.1, 0.15) is 36.5 Å². The molecule has 130 valence electrons. The first kappa shape index (κ1) is 16.7. The Kier molecular flexibility index (Phi) is 5.40. The maximum absolute atomic E-state index is 12.2. The number of nitrogens with one attached hydrogen (secondary N) is 1. The van der Waals surface area contributed by atoms with Gasteiger partial charge in [-0.1, -0.05) is 30.0 Å². The van der Waals surface area contributed by atoms with E-state index in [9.17, 15) is 4.79 Å². The lowest BCUT2D eigenvalue weighted by atomic mass is 10.2. The SMILES string of the molecule is CCCCCOc1ccc(C(=O)Nc2nnc(-c3ccno3)o2)cc1. The first-order chi connectivity index (χ1) is 12.3. The van der Waals surface area contributed by atoms with Crippen molar-refractivity contribution in [2.24, 2.45) is 0 Å². The minimum absolute atomic E-state index is 0.0173. The molecular weight excluding hydrogens is 324 g/mol. The molecule has 0 aliphatic heterocycles. The second kappa shape index (κ2) is 8.09. The van der Waals surface area contributed by atoms with Crippen molar-refractivity contribution in [1.29, 1.82) is 0 Å². The highest BCUT2D eigenvalue weighted by Crippen LogP contribution is 2.19. The van der Waals surface area contributed by atoms with Gasteiger partial charge in [0.1, 0.15) is 5.75 Å². The van der Waals surface area contributed by atoms with Crippen LogP contribution in [0.25, 0.3) is 11.7 Å². The second-order valence-electron chi connectivity index (χ2n) is 5.32. The Morgan fingerprint density at radius 2 is 2.00 bits per heavy atom. The highest BCUT2D eigenvalue weighted by atomic mass is 16.5. The van der Waals surface area contributed by atoms with Crippen LogP contribution in [0, 0.1) is 0 Å². The predicted octanol–water partition coefficient (Wildman–Crippen LogP) is 3.55. The number of ether oxygens (including phenoxy) is 1. The van der Waals surface area contributed by atoms with Gasteiger partial charge in [0, 0.05) is 11.6 Å². The molecule has 2 aromatic heterocycles. The van der Waals surface area contributed by atoms with Crippen molar-refractivity contribution in [2.45, 2.75) is 26.2 Å². The molecule has 1 N–H and O–H groups in total. The van der Waals surface area contributed by atoms with Crippen LogP contribution in [0.2, 0.25) is 0 Å². The van der Waals surface area contributed by atoms with E-state index in [-0.39, 0.29) is 17.8 Å². The lowest BCUT2D eigenvalue weighted by molar-refractivity contribution is 0.102. The van der Waals surface area contributed by atoms with E-state index in [4.69, 9.17) is 13.7 Å². The van der Waals surface area contributed by atoms with Crippen molar-refractivity contribution in [2.75, 3.05) is 11.9 Å². The van der Waals surface area contributed by atoms with Gasteiger partial charge in [0.05, 0.1) is 12.8 Å². The van der Waals surface area contributed by atoms with Gasteiger partial charge in [-0.2, -0.15) is 0 Å². The van der Waals surface area contributed by atoms with Crippen LogP contribution in [0.3, 0.4) is 0 Å². The van der Waals surface area contributed by atoms with Gasteiger partial charge in [-0.25, -0.2) is 0 Å². The number of aromatic nitrogens is 3. The number of nitrogens with zero attached hydrogens (tertiary/aromatic N) is 3. The molecule has 8 nitrogen and oxygen atoms in total. The normalized spacial score (nSPS) is 10.6. The van der Waals surface area contributed by atoms with Crippen LogP contribution in [-0.2, 0) is 0 Å². The number of anilines is 1. The van der Waals surface area contributed by atoms with Gasteiger partial charge in [-0.3, -0.25) is 10.1 Å². The Labute approximate surface area is 144 Å². The molecule has 8 heteroatoms. The molecule has 0 aliphatic carbocycles. The van der Waals surface area contributed by atoms with E-state index in [1.54, 1.807) is 30.3 Å². The van der Waals surface area contributed by atoms with Crippen molar-refractivity contribution in [3.8, 4) is 17.4 Å². The fourth-order valence-electron chi connectivity index (χ4n) is 2.11. The molecule has 0 unspecified atom stereocenters. The molecular formula is C17H18N4O4. The van der Waals surface area contributed by atoms with E-state index < -0.39 is 0 Å². The van der Waals surface area contributed by atoms with Gasteiger partial charge >= 0.3 is 6.01 Å².